The second-order valence-electron chi connectivity index (χ2n) is 1.08. The minimum atomic E-state index is -0.833. The molecule has 2 N–H and O–H groups in total. The van der Waals surface area contributed by atoms with Crippen LogP contribution in [-0.2, 0) is 4.74 Å². The normalized spacial score (nSPS) is 7.38. The number of nitriles is 1. The third-order valence-electron chi connectivity index (χ3n) is 0.458. The smallest absolute Gasteiger partial charge is 0.404 e. The van der Waals surface area contributed by atoms with Gasteiger partial charge in [-0.05, 0) is 0 Å². The van der Waals surface area contributed by atoms with Gasteiger partial charge in [0.25, 0.3) is 0 Å². The van der Waals surface area contributed by atoms with Crippen molar-refractivity contribution in [3.05, 3.63) is 0 Å². The number of hydrogen-bond donors (Lipinski definition) is 1. The molecule has 0 spiro atoms. The van der Waals surface area contributed by atoms with Gasteiger partial charge < -0.3 is 10.5 Å². The predicted octanol–water partition coefficient (Wildman–Crippen LogP) is -0.00462. The van der Waals surface area contributed by atoms with Crippen LogP contribution in [0, 0.1) is 11.3 Å². The maximum atomic E-state index is 9.76. The largest absolute Gasteiger partial charge is 0.449 e. The van der Waals surface area contributed by atoms with Gasteiger partial charge in [-0.25, -0.2) is 4.79 Å². The van der Waals surface area contributed by atoms with Crippen LogP contribution in [0.4, 0.5) is 4.79 Å². The second-order valence-corrected chi connectivity index (χ2v) is 1.08. The van der Waals surface area contributed by atoms with Crippen LogP contribution >= 0.6 is 0 Å². The summed E-state index contributed by atoms with van der Waals surface area (Å²) in [5.41, 5.74) is 4.56. The summed E-state index contributed by atoms with van der Waals surface area (Å²) in [5.74, 6) is 0. The summed E-state index contributed by atoms with van der Waals surface area (Å²) >= 11 is 0. The van der Waals surface area contributed by atoms with Gasteiger partial charge in [-0.3, -0.25) is 0 Å². The second kappa shape index (κ2) is 3.93. The number of nitrogens with zero attached hydrogens (tertiary/aromatic N) is 1. The van der Waals surface area contributed by atoms with Crippen molar-refractivity contribution in [1.82, 2.24) is 0 Å². The summed E-state index contributed by atoms with van der Waals surface area (Å²) in [6.45, 7) is 0.0891. The molecule has 4 nitrogen and oxygen atoms in total. The molecule has 0 saturated heterocycles. The number of primary amides is 1. The van der Waals surface area contributed by atoms with Crippen molar-refractivity contribution in [1.29, 1.82) is 5.26 Å². The first-order valence-electron chi connectivity index (χ1n) is 2.06. The molecule has 0 aromatic heterocycles. The highest BCUT2D eigenvalue weighted by atomic mass is 16.5. The molecule has 1 amide bonds. The Morgan fingerprint density at radius 2 is 2.50 bits per heavy atom. The summed E-state index contributed by atoms with van der Waals surface area (Å²) in [5, 5.41) is 7.90. The van der Waals surface area contributed by atoms with Crippen LogP contribution in [0.5, 0.6) is 0 Å². The van der Waals surface area contributed by atoms with Gasteiger partial charge >= 0.3 is 6.09 Å². The van der Waals surface area contributed by atoms with Crippen molar-refractivity contribution in [2.45, 2.75) is 6.42 Å². The zero-order valence-corrected chi connectivity index (χ0v) is 4.26. The summed E-state index contributed by atoms with van der Waals surface area (Å²) in [6.07, 6.45) is -0.636. The van der Waals surface area contributed by atoms with Crippen molar-refractivity contribution in [3.63, 3.8) is 0 Å². The van der Waals surface area contributed by atoms with Gasteiger partial charge in [-0.2, -0.15) is 5.26 Å². The molecule has 0 aliphatic rings. The van der Waals surface area contributed by atoms with Crippen molar-refractivity contribution >= 4 is 6.09 Å². The summed E-state index contributed by atoms with van der Waals surface area (Å²) in [6, 6.07) is 1.79. The van der Waals surface area contributed by atoms with Gasteiger partial charge in [-0.1, -0.05) is 0 Å². The third kappa shape index (κ3) is 4.76. The average Bonchev–Trinajstić information content (AvgIpc) is 1.66. The quantitative estimate of drug-likeness (QED) is 0.513. The van der Waals surface area contributed by atoms with E-state index in [-0.39, 0.29) is 13.0 Å². The number of amides is 1. The number of nitrogens with two attached hydrogens (primary N) is 1. The Labute approximate surface area is 46.8 Å². The van der Waals surface area contributed by atoms with Crippen LogP contribution in [0.2, 0.25) is 0 Å². The molecule has 4 heteroatoms. The molecule has 0 fully saturated rings. The molecule has 0 unspecified atom stereocenters. The summed E-state index contributed by atoms with van der Waals surface area (Å²) in [7, 11) is 0. The third-order valence-corrected chi connectivity index (χ3v) is 0.458. The van der Waals surface area contributed by atoms with E-state index < -0.39 is 6.09 Å². The molecule has 8 heavy (non-hydrogen) atoms. The Morgan fingerprint density at radius 1 is 1.88 bits per heavy atom. The van der Waals surface area contributed by atoms with E-state index in [0.29, 0.717) is 0 Å². The first-order valence-corrected chi connectivity index (χ1v) is 2.06. The fraction of sp³-hybridized carbons (Fsp3) is 0.500. The SMILES string of the molecule is N#CCCOC(N)=O. The van der Waals surface area contributed by atoms with Crippen molar-refractivity contribution in [2.75, 3.05) is 6.61 Å². The van der Waals surface area contributed by atoms with E-state index in [1.807, 2.05) is 0 Å². The van der Waals surface area contributed by atoms with E-state index in [1.54, 1.807) is 6.07 Å². The molecule has 0 bridgehead atoms. The van der Waals surface area contributed by atoms with Crippen LogP contribution in [0.25, 0.3) is 0 Å². The van der Waals surface area contributed by atoms with Crippen molar-refractivity contribution < 1.29 is 9.53 Å². The minimum Gasteiger partial charge on any atom is -0.449 e. The summed E-state index contributed by atoms with van der Waals surface area (Å²) in [4.78, 5) is 9.76. The number of ether oxygens (including phenoxy) is 1. The Balaban J connectivity index is 2.97. The molecule has 0 aromatic carbocycles. The van der Waals surface area contributed by atoms with Gasteiger partial charge in [0.15, 0.2) is 0 Å². The number of rotatable bonds is 2. The molecule has 0 aliphatic heterocycles. The molecular formula is C4H6N2O2. The first kappa shape index (κ1) is 6.76. The fourth-order valence-corrected chi connectivity index (χ4v) is 0.197. The van der Waals surface area contributed by atoms with Crippen LogP contribution in [-0.4, -0.2) is 12.7 Å². The van der Waals surface area contributed by atoms with E-state index in [2.05, 4.69) is 10.5 Å². The van der Waals surface area contributed by atoms with E-state index in [9.17, 15) is 4.79 Å². The Morgan fingerprint density at radius 3 is 2.88 bits per heavy atom. The van der Waals surface area contributed by atoms with E-state index >= 15 is 0 Å². The van der Waals surface area contributed by atoms with Gasteiger partial charge in [0.2, 0.25) is 0 Å². The highest BCUT2D eigenvalue weighted by Gasteiger charge is 1.88. The topological polar surface area (TPSA) is 76.1 Å². The lowest BCUT2D eigenvalue weighted by Gasteiger charge is -1.92. The molecule has 0 aliphatic carbocycles. The lowest BCUT2D eigenvalue weighted by molar-refractivity contribution is 0.159. The number of carbonyl (C=O) groups excluding carboxylic acids is 1. The molecule has 0 heterocycles. The monoisotopic (exact) mass is 114 g/mol. The van der Waals surface area contributed by atoms with Crippen molar-refractivity contribution in [3.8, 4) is 6.07 Å². The standard InChI is InChI=1S/C4H6N2O2/c5-2-1-3-8-4(6)7/h1,3H2,(H2,6,7). The van der Waals surface area contributed by atoms with Gasteiger partial charge in [0.1, 0.15) is 6.61 Å². The molecule has 0 rings (SSSR count). The number of carbonyl (C=O) groups is 1. The maximum Gasteiger partial charge on any atom is 0.404 e. The highest BCUT2D eigenvalue weighted by Crippen LogP contribution is 1.77. The Hall–Kier alpha value is -1.24. The van der Waals surface area contributed by atoms with Crippen LogP contribution in [0.3, 0.4) is 0 Å². The summed E-state index contributed by atoms with van der Waals surface area (Å²) < 4.78 is 4.20. The zero-order valence-electron chi connectivity index (χ0n) is 4.26. The lowest BCUT2D eigenvalue weighted by Crippen LogP contribution is -2.13. The zero-order chi connectivity index (χ0) is 6.41. The van der Waals surface area contributed by atoms with Gasteiger partial charge in [0.05, 0.1) is 12.5 Å². The van der Waals surface area contributed by atoms with Crippen LogP contribution < -0.4 is 5.73 Å². The van der Waals surface area contributed by atoms with Gasteiger partial charge in [0, 0.05) is 0 Å². The Kier molecular flexibility index (Phi) is 3.32. The van der Waals surface area contributed by atoms with E-state index in [0.717, 1.165) is 0 Å². The van der Waals surface area contributed by atoms with Crippen LogP contribution in [0.15, 0.2) is 0 Å². The molecule has 0 aromatic rings. The average molecular weight is 114 g/mol. The predicted molar refractivity (Wildman–Crippen MR) is 25.8 cm³/mol. The number of hydrogen-bond acceptors (Lipinski definition) is 3. The van der Waals surface area contributed by atoms with Crippen LogP contribution in [0.1, 0.15) is 6.42 Å². The minimum absolute atomic E-state index is 0.0891. The molecule has 0 saturated carbocycles. The Bertz CT molecular complexity index is 116. The van der Waals surface area contributed by atoms with E-state index in [4.69, 9.17) is 5.26 Å². The lowest BCUT2D eigenvalue weighted by atomic mass is 10.5. The molecular weight excluding hydrogens is 108 g/mol. The van der Waals surface area contributed by atoms with Crippen molar-refractivity contribution in [2.24, 2.45) is 5.73 Å². The fourth-order valence-electron chi connectivity index (χ4n) is 0.197. The van der Waals surface area contributed by atoms with Gasteiger partial charge in [-0.15, -0.1) is 0 Å². The molecule has 0 radical (unpaired) electrons. The van der Waals surface area contributed by atoms with E-state index in [1.165, 1.54) is 0 Å². The molecule has 44 valence electrons. The first-order chi connectivity index (χ1) is 3.77. The highest BCUT2D eigenvalue weighted by molar-refractivity contribution is 5.64. The molecule has 0 atom stereocenters. The maximum absolute atomic E-state index is 9.76.